The Kier molecular flexibility index (Phi) is 4.54. The summed E-state index contributed by atoms with van der Waals surface area (Å²) in [5.74, 6) is -0.284. The van der Waals surface area contributed by atoms with Crippen molar-refractivity contribution in [2.24, 2.45) is 0 Å². The first kappa shape index (κ1) is 16.2. The van der Waals surface area contributed by atoms with Crippen LogP contribution >= 0.6 is 0 Å². The van der Waals surface area contributed by atoms with Gasteiger partial charge in [-0.3, -0.25) is 4.79 Å². The molecule has 1 aliphatic heterocycles. The number of sulfone groups is 1. The standard InChI is InChI=1S/C15H20N2O5S/c1-23(19,20)10-14(18)17-8-9-21-15-11(17)5-6-12(15)22-13-4-2-3-7-16-13/h2-4,7,11-12,15H,5-6,8-10H2,1H3/t11-,12-,15+/m0/s1. The number of morpholine rings is 1. The molecule has 0 N–H and O–H groups in total. The van der Waals surface area contributed by atoms with E-state index in [9.17, 15) is 13.2 Å². The molecule has 0 radical (unpaired) electrons. The summed E-state index contributed by atoms with van der Waals surface area (Å²) in [6, 6.07) is 5.31. The highest BCUT2D eigenvalue weighted by Crippen LogP contribution is 2.32. The largest absolute Gasteiger partial charge is 0.471 e. The Labute approximate surface area is 135 Å². The molecule has 0 bridgehead atoms. The second kappa shape index (κ2) is 6.45. The van der Waals surface area contributed by atoms with Crippen molar-refractivity contribution in [3.05, 3.63) is 24.4 Å². The molecule has 3 rings (SSSR count). The molecule has 2 aliphatic rings. The third-order valence-corrected chi connectivity index (χ3v) is 4.92. The lowest BCUT2D eigenvalue weighted by atomic mass is 10.1. The van der Waals surface area contributed by atoms with Crippen LogP contribution in [0.1, 0.15) is 12.8 Å². The second-order valence-electron chi connectivity index (χ2n) is 5.96. The van der Waals surface area contributed by atoms with E-state index < -0.39 is 15.6 Å². The molecule has 1 saturated heterocycles. The Morgan fingerprint density at radius 2 is 2.26 bits per heavy atom. The van der Waals surface area contributed by atoms with Gasteiger partial charge < -0.3 is 14.4 Å². The van der Waals surface area contributed by atoms with Crippen molar-refractivity contribution in [1.29, 1.82) is 0 Å². The molecule has 1 aromatic rings. The number of ether oxygens (including phenoxy) is 2. The van der Waals surface area contributed by atoms with Crippen LogP contribution in [0.3, 0.4) is 0 Å². The summed E-state index contributed by atoms with van der Waals surface area (Å²) in [7, 11) is -3.34. The first-order valence-corrected chi connectivity index (χ1v) is 9.66. The lowest BCUT2D eigenvalue weighted by Gasteiger charge is -2.38. The number of fused-ring (bicyclic) bond motifs is 1. The van der Waals surface area contributed by atoms with Gasteiger partial charge in [0.05, 0.1) is 12.6 Å². The predicted molar refractivity (Wildman–Crippen MR) is 82.8 cm³/mol. The Morgan fingerprint density at radius 3 is 2.96 bits per heavy atom. The van der Waals surface area contributed by atoms with E-state index in [1.165, 1.54) is 0 Å². The Bertz CT molecular complexity index is 664. The Hall–Kier alpha value is -1.67. The van der Waals surface area contributed by atoms with E-state index >= 15 is 0 Å². The monoisotopic (exact) mass is 340 g/mol. The van der Waals surface area contributed by atoms with Crippen LogP contribution in [0, 0.1) is 0 Å². The number of carbonyl (C=O) groups is 1. The molecule has 2 fully saturated rings. The maximum atomic E-state index is 12.3. The van der Waals surface area contributed by atoms with Gasteiger partial charge in [-0.2, -0.15) is 0 Å². The van der Waals surface area contributed by atoms with E-state index in [2.05, 4.69) is 4.98 Å². The SMILES string of the molecule is CS(=O)(=O)CC(=O)N1CCO[C@H]2[C@@H](Oc3ccccn3)CC[C@@H]21. The van der Waals surface area contributed by atoms with Crippen LogP contribution in [0.4, 0.5) is 0 Å². The van der Waals surface area contributed by atoms with Gasteiger partial charge in [0.1, 0.15) is 18.0 Å². The second-order valence-corrected chi connectivity index (χ2v) is 8.10. The Morgan fingerprint density at radius 1 is 1.43 bits per heavy atom. The fourth-order valence-corrected chi connectivity index (χ4v) is 3.85. The quantitative estimate of drug-likeness (QED) is 0.782. The maximum Gasteiger partial charge on any atom is 0.238 e. The molecule has 8 heteroatoms. The summed E-state index contributed by atoms with van der Waals surface area (Å²) in [6.07, 6.45) is 3.79. The third kappa shape index (κ3) is 3.81. The molecule has 7 nitrogen and oxygen atoms in total. The van der Waals surface area contributed by atoms with E-state index in [1.807, 2.05) is 12.1 Å². The zero-order valence-electron chi connectivity index (χ0n) is 12.9. The zero-order chi connectivity index (χ0) is 16.4. The summed E-state index contributed by atoms with van der Waals surface area (Å²) in [5.41, 5.74) is 0. The minimum atomic E-state index is -3.34. The van der Waals surface area contributed by atoms with Crippen molar-refractivity contribution in [3.63, 3.8) is 0 Å². The van der Waals surface area contributed by atoms with Crippen molar-refractivity contribution in [2.75, 3.05) is 25.2 Å². The number of hydrogen-bond donors (Lipinski definition) is 0. The van der Waals surface area contributed by atoms with Gasteiger partial charge in [-0.1, -0.05) is 6.07 Å². The lowest BCUT2D eigenvalue weighted by molar-refractivity contribution is -0.145. The van der Waals surface area contributed by atoms with E-state index in [4.69, 9.17) is 9.47 Å². The van der Waals surface area contributed by atoms with Crippen molar-refractivity contribution >= 4 is 15.7 Å². The van der Waals surface area contributed by atoms with Crippen molar-refractivity contribution in [2.45, 2.75) is 31.1 Å². The Balaban J connectivity index is 1.69. The van der Waals surface area contributed by atoms with Gasteiger partial charge >= 0.3 is 0 Å². The predicted octanol–water partition coefficient (Wildman–Crippen LogP) is 0.263. The minimum absolute atomic E-state index is 0.133. The third-order valence-electron chi connectivity index (χ3n) is 4.15. The molecule has 0 aromatic carbocycles. The number of nitrogens with zero attached hydrogens (tertiary/aromatic N) is 2. The average Bonchev–Trinajstić information content (AvgIpc) is 2.90. The van der Waals surface area contributed by atoms with Gasteiger partial charge in [-0.15, -0.1) is 0 Å². The number of hydrogen-bond acceptors (Lipinski definition) is 6. The first-order chi connectivity index (χ1) is 10.9. The van der Waals surface area contributed by atoms with Crippen molar-refractivity contribution < 1.29 is 22.7 Å². The van der Waals surface area contributed by atoms with Crippen LogP contribution in [0.15, 0.2) is 24.4 Å². The normalized spacial score (nSPS) is 27.5. The molecule has 0 spiro atoms. The van der Waals surface area contributed by atoms with Gasteiger partial charge in [0.15, 0.2) is 9.84 Å². The number of carbonyl (C=O) groups excluding carboxylic acids is 1. The van der Waals surface area contributed by atoms with Crippen molar-refractivity contribution in [1.82, 2.24) is 9.88 Å². The highest BCUT2D eigenvalue weighted by atomic mass is 32.2. The van der Waals surface area contributed by atoms with Crippen LogP contribution in [0.25, 0.3) is 0 Å². The van der Waals surface area contributed by atoms with Gasteiger partial charge in [0.25, 0.3) is 0 Å². The molecular formula is C15H20N2O5S. The first-order valence-electron chi connectivity index (χ1n) is 7.60. The van der Waals surface area contributed by atoms with E-state index in [0.717, 1.165) is 19.1 Å². The van der Waals surface area contributed by atoms with E-state index in [-0.39, 0.29) is 24.2 Å². The summed E-state index contributed by atoms with van der Waals surface area (Å²) < 4.78 is 34.4. The minimum Gasteiger partial charge on any atom is -0.471 e. The lowest BCUT2D eigenvalue weighted by Crippen LogP contribution is -2.55. The highest BCUT2D eigenvalue weighted by Gasteiger charge is 2.46. The molecule has 1 amide bonds. The van der Waals surface area contributed by atoms with Crippen LogP contribution < -0.4 is 4.74 Å². The fraction of sp³-hybridized carbons (Fsp3) is 0.600. The fourth-order valence-electron chi connectivity index (χ4n) is 3.23. The molecular weight excluding hydrogens is 320 g/mol. The van der Waals surface area contributed by atoms with E-state index in [0.29, 0.717) is 19.0 Å². The van der Waals surface area contributed by atoms with Crippen LogP contribution in [-0.2, 0) is 19.4 Å². The van der Waals surface area contributed by atoms with Gasteiger partial charge in [-0.05, 0) is 18.9 Å². The number of rotatable bonds is 4. The van der Waals surface area contributed by atoms with Gasteiger partial charge in [0.2, 0.25) is 11.8 Å². The molecule has 0 unspecified atom stereocenters. The highest BCUT2D eigenvalue weighted by molar-refractivity contribution is 7.91. The molecule has 23 heavy (non-hydrogen) atoms. The molecule has 3 atom stereocenters. The number of pyridine rings is 1. The van der Waals surface area contributed by atoms with Crippen LogP contribution in [-0.4, -0.2) is 67.6 Å². The summed E-state index contributed by atoms with van der Waals surface area (Å²) >= 11 is 0. The van der Waals surface area contributed by atoms with Crippen molar-refractivity contribution in [3.8, 4) is 5.88 Å². The summed E-state index contributed by atoms with van der Waals surface area (Å²) in [5, 5.41) is 0. The number of aromatic nitrogens is 1. The van der Waals surface area contributed by atoms with Gasteiger partial charge in [0, 0.05) is 25.1 Å². The average molecular weight is 340 g/mol. The molecule has 2 heterocycles. The molecule has 1 saturated carbocycles. The molecule has 1 aliphatic carbocycles. The zero-order valence-corrected chi connectivity index (χ0v) is 13.7. The van der Waals surface area contributed by atoms with E-state index in [1.54, 1.807) is 17.2 Å². The smallest absolute Gasteiger partial charge is 0.238 e. The summed E-state index contributed by atoms with van der Waals surface area (Å²) in [4.78, 5) is 18.0. The van der Waals surface area contributed by atoms with Gasteiger partial charge in [-0.25, -0.2) is 13.4 Å². The summed E-state index contributed by atoms with van der Waals surface area (Å²) in [6.45, 7) is 0.810. The molecule has 126 valence electrons. The molecule has 1 aromatic heterocycles. The topological polar surface area (TPSA) is 85.8 Å². The van der Waals surface area contributed by atoms with Crippen LogP contribution in [0.2, 0.25) is 0 Å². The number of amides is 1. The maximum absolute atomic E-state index is 12.3. The van der Waals surface area contributed by atoms with Crippen LogP contribution in [0.5, 0.6) is 5.88 Å².